The number of likely N-dealkylation sites (tertiary alicyclic amines) is 1. The van der Waals surface area contributed by atoms with Crippen molar-refractivity contribution in [3.8, 4) is 17.3 Å². The summed E-state index contributed by atoms with van der Waals surface area (Å²) >= 11 is 0. The summed E-state index contributed by atoms with van der Waals surface area (Å²) in [5, 5.41) is 4.96. The molecule has 1 atom stereocenters. The first kappa shape index (κ1) is 25.5. The average Bonchev–Trinajstić information content (AvgIpc) is 3.53. The Morgan fingerprint density at radius 2 is 1.80 bits per heavy atom. The van der Waals surface area contributed by atoms with Crippen molar-refractivity contribution in [1.82, 2.24) is 25.2 Å². The fraction of sp³-hybridized carbons (Fsp3) is 0.452. The van der Waals surface area contributed by atoms with Crippen molar-refractivity contribution in [2.75, 3.05) is 50.8 Å². The molecule has 4 heterocycles. The van der Waals surface area contributed by atoms with Gasteiger partial charge in [0, 0.05) is 48.6 Å². The minimum Gasteiger partial charge on any atom is -0.463 e. The van der Waals surface area contributed by atoms with Crippen molar-refractivity contribution in [3.63, 3.8) is 0 Å². The summed E-state index contributed by atoms with van der Waals surface area (Å²) in [6, 6.07) is 12.0. The van der Waals surface area contributed by atoms with E-state index in [2.05, 4.69) is 27.0 Å². The molecule has 0 unspecified atom stereocenters. The van der Waals surface area contributed by atoms with E-state index in [-0.39, 0.29) is 23.2 Å². The van der Waals surface area contributed by atoms with E-state index in [0.717, 1.165) is 52.1 Å². The molecule has 2 saturated heterocycles. The third-order valence-corrected chi connectivity index (χ3v) is 8.70. The number of halogens is 2. The Balaban J connectivity index is 1.30. The Morgan fingerprint density at radius 3 is 2.58 bits per heavy atom. The Labute approximate surface area is 232 Å². The van der Waals surface area contributed by atoms with E-state index in [1.807, 2.05) is 12.1 Å². The van der Waals surface area contributed by atoms with Gasteiger partial charge < -0.3 is 19.9 Å². The van der Waals surface area contributed by atoms with Gasteiger partial charge in [0.25, 0.3) is 0 Å². The summed E-state index contributed by atoms with van der Waals surface area (Å²) in [7, 11) is 0. The van der Waals surface area contributed by atoms with Gasteiger partial charge in [0.05, 0.1) is 12.0 Å². The smallest absolute Gasteiger partial charge is 0.320 e. The number of ether oxygens (including phenoxy) is 1. The molecule has 4 aromatic rings. The number of fused-ring (bicyclic) bond motifs is 2. The van der Waals surface area contributed by atoms with Gasteiger partial charge in [-0.05, 0) is 63.2 Å². The second kappa shape index (κ2) is 10.2. The zero-order valence-electron chi connectivity index (χ0n) is 22.8. The summed E-state index contributed by atoms with van der Waals surface area (Å²) in [6.45, 7) is 8.35. The summed E-state index contributed by atoms with van der Waals surface area (Å²) in [6.07, 6.45) is 4.81. The number of aromatic nitrogens is 3. The molecule has 0 spiro atoms. The third-order valence-electron chi connectivity index (χ3n) is 8.70. The lowest BCUT2D eigenvalue weighted by atomic mass is 10.0. The number of nitrogens with zero attached hydrogens (tertiary/aromatic N) is 5. The second-order valence-corrected chi connectivity index (χ2v) is 11.7. The lowest BCUT2D eigenvalue weighted by molar-refractivity contribution is 0.170. The molecule has 9 heteroatoms. The van der Waals surface area contributed by atoms with Crippen LogP contribution in [0.3, 0.4) is 0 Å². The molecule has 2 aliphatic heterocycles. The van der Waals surface area contributed by atoms with E-state index in [1.54, 1.807) is 18.2 Å². The van der Waals surface area contributed by atoms with Crippen LogP contribution in [0.4, 0.5) is 14.6 Å². The molecule has 2 aromatic heterocycles. The van der Waals surface area contributed by atoms with E-state index < -0.39 is 11.6 Å². The van der Waals surface area contributed by atoms with Crippen molar-refractivity contribution in [1.29, 1.82) is 0 Å². The van der Waals surface area contributed by atoms with Crippen LogP contribution >= 0.6 is 0 Å². The van der Waals surface area contributed by atoms with Crippen LogP contribution in [0.15, 0.2) is 42.5 Å². The zero-order chi connectivity index (χ0) is 27.3. The quantitative estimate of drug-likeness (QED) is 0.344. The molecule has 208 valence electrons. The number of anilines is 1. The first-order valence-electron chi connectivity index (χ1n) is 14.4. The van der Waals surface area contributed by atoms with Crippen LogP contribution in [0, 0.1) is 17.0 Å². The molecule has 1 saturated carbocycles. The molecule has 1 N–H and O–H groups in total. The Morgan fingerprint density at radius 1 is 1.00 bits per heavy atom. The number of rotatable bonds is 7. The number of nitrogens with one attached hydrogen (secondary N) is 1. The molecule has 40 heavy (non-hydrogen) atoms. The minimum atomic E-state index is -0.535. The highest BCUT2D eigenvalue weighted by molar-refractivity contribution is 5.98. The molecular formula is C31H34F2N6O. The molecule has 7 nitrogen and oxygen atoms in total. The highest BCUT2D eigenvalue weighted by Crippen LogP contribution is 2.47. The molecule has 7 rings (SSSR count). The number of hydrogen-bond donors (Lipinski definition) is 1. The SMILES string of the molecule is C[C@@H]1CNCCN1c1nc(OCC2(CN3CCCC3)CC2)nc2nc(-c3cccc4cccc(F)c34)c(F)cc12. The molecule has 0 bridgehead atoms. The molecule has 1 aliphatic carbocycles. The maximum absolute atomic E-state index is 15.8. The van der Waals surface area contributed by atoms with Crippen LogP contribution in [0.5, 0.6) is 6.01 Å². The van der Waals surface area contributed by atoms with E-state index in [0.29, 0.717) is 39.8 Å². The van der Waals surface area contributed by atoms with Crippen LogP contribution in [-0.2, 0) is 0 Å². The molecule has 2 aromatic carbocycles. The topological polar surface area (TPSA) is 66.4 Å². The maximum atomic E-state index is 15.8. The van der Waals surface area contributed by atoms with Gasteiger partial charge >= 0.3 is 6.01 Å². The van der Waals surface area contributed by atoms with Gasteiger partial charge in [0.2, 0.25) is 0 Å². The number of pyridine rings is 1. The number of hydrogen-bond acceptors (Lipinski definition) is 7. The molecular weight excluding hydrogens is 510 g/mol. The van der Waals surface area contributed by atoms with Gasteiger partial charge in [0.15, 0.2) is 5.65 Å². The molecule has 3 aliphatic rings. The Kier molecular flexibility index (Phi) is 6.51. The normalized spacial score (nSPS) is 20.9. The average molecular weight is 545 g/mol. The first-order chi connectivity index (χ1) is 19.5. The van der Waals surface area contributed by atoms with Crippen molar-refractivity contribution < 1.29 is 13.5 Å². The molecule has 0 radical (unpaired) electrons. The van der Waals surface area contributed by atoms with Crippen LogP contribution < -0.4 is 15.0 Å². The van der Waals surface area contributed by atoms with Gasteiger partial charge in [0.1, 0.15) is 23.1 Å². The van der Waals surface area contributed by atoms with E-state index in [4.69, 9.17) is 14.7 Å². The van der Waals surface area contributed by atoms with Gasteiger partial charge in [-0.25, -0.2) is 13.8 Å². The third kappa shape index (κ3) is 4.75. The summed E-state index contributed by atoms with van der Waals surface area (Å²) in [5.41, 5.74) is 0.961. The number of piperazine rings is 1. The van der Waals surface area contributed by atoms with Crippen LogP contribution in [-0.4, -0.2) is 71.8 Å². The first-order valence-corrected chi connectivity index (χ1v) is 14.4. The van der Waals surface area contributed by atoms with E-state index in [1.165, 1.54) is 25.0 Å². The molecule has 0 amide bonds. The molecule has 3 fully saturated rings. The highest BCUT2D eigenvalue weighted by Gasteiger charge is 2.45. The summed E-state index contributed by atoms with van der Waals surface area (Å²) in [5.74, 6) is -0.322. The van der Waals surface area contributed by atoms with Crippen molar-refractivity contribution in [3.05, 3.63) is 54.1 Å². The predicted molar refractivity (Wildman–Crippen MR) is 153 cm³/mol. The monoisotopic (exact) mass is 544 g/mol. The van der Waals surface area contributed by atoms with Crippen LogP contribution in [0.25, 0.3) is 33.1 Å². The van der Waals surface area contributed by atoms with Gasteiger partial charge in [-0.2, -0.15) is 9.97 Å². The second-order valence-electron chi connectivity index (χ2n) is 11.7. The van der Waals surface area contributed by atoms with Crippen molar-refractivity contribution in [2.45, 2.75) is 38.6 Å². The van der Waals surface area contributed by atoms with Crippen LogP contribution in [0.1, 0.15) is 32.6 Å². The number of benzene rings is 2. The Bertz CT molecular complexity index is 1560. The standard InChI is InChI=1S/C31H34F2N6O/c1-20-17-34-12-15-39(20)29-23-16-25(33)27(22-8-4-6-21-7-5-9-24(32)26(21)22)35-28(23)36-30(37-29)40-19-31(10-11-31)18-38-13-2-3-14-38/h4-9,16,20,34H,2-3,10-15,17-19H2,1H3/t20-/m1/s1. The van der Waals surface area contributed by atoms with Gasteiger partial charge in [-0.15, -0.1) is 0 Å². The lowest BCUT2D eigenvalue weighted by Gasteiger charge is -2.35. The largest absolute Gasteiger partial charge is 0.463 e. The highest BCUT2D eigenvalue weighted by atomic mass is 19.1. The van der Waals surface area contributed by atoms with Crippen molar-refractivity contribution >= 4 is 27.6 Å². The maximum Gasteiger partial charge on any atom is 0.320 e. The minimum absolute atomic E-state index is 0.0693. The van der Waals surface area contributed by atoms with Crippen molar-refractivity contribution in [2.24, 2.45) is 5.41 Å². The fourth-order valence-corrected chi connectivity index (χ4v) is 6.27. The van der Waals surface area contributed by atoms with E-state index >= 15 is 4.39 Å². The predicted octanol–water partition coefficient (Wildman–Crippen LogP) is 5.18. The zero-order valence-corrected chi connectivity index (χ0v) is 22.8. The van der Waals surface area contributed by atoms with Crippen LogP contribution in [0.2, 0.25) is 0 Å². The van der Waals surface area contributed by atoms with E-state index in [9.17, 15) is 4.39 Å². The summed E-state index contributed by atoms with van der Waals surface area (Å²) in [4.78, 5) is 18.9. The van der Waals surface area contributed by atoms with Gasteiger partial charge in [-0.3, -0.25) is 0 Å². The lowest BCUT2D eigenvalue weighted by Crippen LogP contribution is -2.50. The van der Waals surface area contributed by atoms with Gasteiger partial charge in [-0.1, -0.05) is 30.3 Å². The summed E-state index contributed by atoms with van der Waals surface area (Å²) < 4.78 is 37.1. The fourth-order valence-electron chi connectivity index (χ4n) is 6.27. The Hall–Kier alpha value is -3.43.